The molecule has 0 radical (unpaired) electrons. The maximum atomic E-state index is 6.09. The van der Waals surface area contributed by atoms with Crippen molar-refractivity contribution in [1.29, 1.82) is 0 Å². The highest BCUT2D eigenvalue weighted by Gasteiger charge is 2.08. The molecule has 0 unspecified atom stereocenters. The van der Waals surface area contributed by atoms with Crippen LogP contribution in [-0.2, 0) is 13.5 Å². The lowest BCUT2D eigenvalue weighted by Gasteiger charge is -2.11. The molecule has 4 heteroatoms. The molecule has 0 aliphatic carbocycles. The van der Waals surface area contributed by atoms with Gasteiger partial charge in [-0.2, -0.15) is 0 Å². The zero-order valence-corrected chi connectivity index (χ0v) is 13.5. The molecule has 0 saturated carbocycles. The summed E-state index contributed by atoms with van der Waals surface area (Å²) in [4.78, 5) is 0. The van der Waals surface area contributed by atoms with Gasteiger partial charge in [-0.1, -0.05) is 17.7 Å². The van der Waals surface area contributed by atoms with Gasteiger partial charge < -0.3 is 15.0 Å². The van der Waals surface area contributed by atoms with Crippen LogP contribution in [0.25, 0.3) is 10.9 Å². The zero-order chi connectivity index (χ0) is 15.7. The van der Waals surface area contributed by atoms with E-state index in [9.17, 15) is 0 Å². The van der Waals surface area contributed by atoms with Gasteiger partial charge >= 0.3 is 0 Å². The first kappa shape index (κ1) is 14.9. The maximum absolute atomic E-state index is 6.09. The van der Waals surface area contributed by atoms with Crippen molar-refractivity contribution in [2.24, 2.45) is 12.8 Å². The van der Waals surface area contributed by atoms with Gasteiger partial charge in [-0.25, -0.2) is 0 Å². The summed E-state index contributed by atoms with van der Waals surface area (Å²) in [7, 11) is 2.05. The first-order chi connectivity index (χ1) is 10.6. The molecule has 2 N–H and O–H groups in total. The Morgan fingerprint density at radius 1 is 1.18 bits per heavy atom. The Kier molecular flexibility index (Phi) is 4.10. The van der Waals surface area contributed by atoms with Gasteiger partial charge in [-0.05, 0) is 61.3 Å². The Hall–Kier alpha value is -1.97. The number of hydrogen-bond donors (Lipinski definition) is 1. The van der Waals surface area contributed by atoms with E-state index in [4.69, 9.17) is 22.1 Å². The van der Waals surface area contributed by atoms with Crippen molar-refractivity contribution < 1.29 is 4.74 Å². The number of nitrogens with two attached hydrogens (primary N) is 1. The topological polar surface area (TPSA) is 40.2 Å². The summed E-state index contributed by atoms with van der Waals surface area (Å²) in [5.41, 5.74) is 9.16. The molecule has 0 aliphatic rings. The number of benzene rings is 2. The molecular weight excluding hydrogens is 296 g/mol. The number of aromatic nitrogens is 1. The van der Waals surface area contributed by atoms with E-state index in [0.29, 0.717) is 11.6 Å². The predicted octanol–water partition coefficient (Wildman–Crippen LogP) is 4.43. The van der Waals surface area contributed by atoms with Crippen molar-refractivity contribution in [3.63, 3.8) is 0 Å². The summed E-state index contributed by atoms with van der Waals surface area (Å²) >= 11 is 6.09. The monoisotopic (exact) mass is 314 g/mol. The third-order valence-electron chi connectivity index (χ3n) is 3.83. The molecular formula is C18H19ClN2O. The third kappa shape index (κ3) is 2.82. The highest BCUT2D eigenvalue weighted by molar-refractivity contribution is 6.30. The molecule has 0 fully saturated rings. The van der Waals surface area contributed by atoms with Crippen LogP contribution >= 0.6 is 11.6 Å². The molecule has 0 amide bonds. The van der Waals surface area contributed by atoms with Crippen molar-refractivity contribution >= 4 is 22.5 Å². The molecule has 3 rings (SSSR count). The van der Waals surface area contributed by atoms with E-state index in [2.05, 4.69) is 29.8 Å². The molecule has 0 atom stereocenters. The highest BCUT2D eigenvalue weighted by atomic mass is 35.5. The molecule has 0 aliphatic heterocycles. The maximum Gasteiger partial charge on any atom is 0.132 e. The number of rotatable bonds is 4. The molecule has 3 aromatic rings. The zero-order valence-electron chi connectivity index (χ0n) is 12.8. The number of halogens is 1. The summed E-state index contributed by atoms with van der Waals surface area (Å²) in [6.45, 7) is 2.68. The van der Waals surface area contributed by atoms with E-state index >= 15 is 0 Å². The van der Waals surface area contributed by atoms with Crippen LogP contribution in [0.4, 0.5) is 0 Å². The fourth-order valence-corrected chi connectivity index (χ4v) is 2.91. The molecule has 0 bridgehead atoms. The van der Waals surface area contributed by atoms with E-state index in [1.165, 1.54) is 16.5 Å². The van der Waals surface area contributed by atoms with Gasteiger partial charge in [0.2, 0.25) is 0 Å². The quantitative estimate of drug-likeness (QED) is 0.773. The summed E-state index contributed by atoms with van der Waals surface area (Å²) in [5, 5.41) is 1.86. The minimum absolute atomic E-state index is 0.578. The van der Waals surface area contributed by atoms with E-state index in [1.807, 2.05) is 31.3 Å². The van der Waals surface area contributed by atoms with Crippen molar-refractivity contribution in [2.45, 2.75) is 13.3 Å². The highest BCUT2D eigenvalue weighted by Crippen LogP contribution is 2.31. The molecule has 1 heterocycles. The van der Waals surface area contributed by atoms with Crippen LogP contribution in [0, 0.1) is 6.92 Å². The van der Waals surface area contributed by atoms with Crippen LogP contribution in [0.15, 0.2) is 42.6 Å². The second kappa shape index (κ2) is 6.03. The first-order valence-corrected chi connectivity index (χ1v) is 7.68. The number of aryl methyl sites for hydroxylation is 2. The van der Waals surface area contributed by atoms with Crippen LogP contribution in [0.2, 0.25) is 5.02 Å². The number of nitrogens with zero attached hydrogens (tertiary/aromatic N) is 1. The predicted molar refractivity (Wildman–Crippen MR) is 91.9 cm³/mol. The van der Waals surface area contributed by atoms with Gasteiger partial charge in [0.15, 0.2) is 0 Å². The summed E-state index contributed by atoms with van der Waals surface area (Å²) < 4.78 is 8.18. The molecule has 0 saturated heterocycles. The molecule has 3 nitrogen and oxygen atoms in total. The van der Waals surface area contributed by atoms with Gasteiger partial charge in [-0.3, -0.25) is 0 Å². The fraction of sp³-hybridized carbons (Fsp3) is 0.222. The van der Waals surface area contributed by atoms with Crippen LogP contribution in [0.1, 0.15) is 11.1 Å². The van der Waals surface area contributed by atoms with Crippen LogP contribution in [0.3, 0.4) is 0 Å². The molecule has 114 valence electrons. The van der Waals surface area contributed by atoms with Gasteiger partial charge in [0.05, 0.1) is 0 Å². The Morgan fingerprint density at radius 2 is 2.00 bits per heavy atom. The molecule has 22 heavy (non-hydrogen) atoms. The third-order valence-corrected chi connectivity index (χ3v) is 4.07. The normalized spacial score (nSPS) is 11.1. The Balaban J connectivity index is 1.99. The lowest BCUT2D eigenvalue weighted by Crippen LogP contribution is -2.04. The standard InChI is InChI=1S/C18H19ClN2O/c1-12-11-21(2)17-6-5-15(10-16(12)17)22-18-9-14(19)4-3-13(18)7-8-20/h3-6,9-11H,7-8,20H2,1-2H3. The largest absolute Gasteiger partial charge is 0.457 e. The Labute approximate surface area is 135 Å². The average molecular weight is 315 g/mol. The Bertz CT molecular complexity index is 823. The molecule has 2 aromatic carbocycles. The number of hydrogen-bond acceptors (Lipinski definition) is 2. The first-order valence-electron chi connectivity index (χ1n) is 7.30. The van der Waals surface area contributed by atoms with Crippen molar-refractivity contribution in [3.05, 3.63) is 58.7 Å². The Morgan fingerprint density at radius 3 is 2.77 bits per heavy atom. The van der Waals surface area contributed by atoms with Crippen molar-refractivity contribution in [2.75, 3.05) is 6.54 Å². The van der Waals surface area contributed by atoms with Crippen molar-refractivity contribution in [3.8, 4) is 11.5 Å². The molecule has 0 spiro atoms. The van der Waals surface area contributed by atoms with E-state index in [-0.39, 0.29) is 0 Å². The van der Waals surface area contributed by atoms with Crippen molar-refractivity contribution in [1.82, 2.24) is 4.57 Å². The fourth-order valence-electron chi connectivity index (χ4n) is 2.74. The van der Waals surface area contributed by atoms with Crippen LogP contribution in [0.5, 0.6) is 11.5 Å². The van der Waals surface area contributed by atoms with Gasteiger partial charge in [0.25, 0.3) is 0 Å². The van der Waals surface area contributed by atoms with E-state index in [0.717, 1.165) is 23.5 Å². The summed E-state index contributed by atoms with van der Waals surface area (Å²) in [6, 6.07) is 11.8. The summed E-state index contributed by atoms with van der Waals surface area (Å²) in [6.07, 6.45) is 2.88. The molecule has 1 aromatic heterocycles. The van der Waals surface area contributed by atoms with E-state index in [1.54, 1.807) is 0 Å². The number of fused-ring (bicyclic) bond motifs is 1. The average Bonchev–Trinajstić information content (AvgIpc) is 2.77. The smallest absolute Gasteiger partial charge is 0.132 e. The van der Waals surface area contributed by atoms with Crippen LogP contribution < -0.4 is 10.5 Å². The second-order valence-electron chi connectivity index (χ2n) is 5.49. The summed E-state index contributed by atoms with van der Waals surface area (Å²) in [5.74, 6) is 1.58. The lowest BCUT2D eigenvalue weighted by atomic mass is 10.1. The second-order valence-corrected chi connectivity index (χ2v) is 5.93. The van der Waals surface area contributed by atoms with Crippen LogP contribution in [-0.4, -0.2) is 11.1 Å². The minimum Gasteiger partial charge on any atom is -0.457 e. The number of ether oxygens (including phenoxy) is 1. The SMILES string of the molecule is Cc1cn(C)c2ccc(Oc3cc(Cl)ccc3CCN)cc12. The minimum atomic E-state index is 0.578. The van der Waals surface area contributed by atoms with E-state index < -0.39 is 0 Å². The van der Waals surface area contributed by atoms with Gasteiger partial charge in [0.1, 0.15) is 11.5 Å². The van der Waals surface area contributed by atoms with Gasteiger partial charge in [0, 0.05) is 29.2 Å². The lowest BCUT2D eigenvalue weighted by molar-refractivity contribution is 0.477. The van der Waals surface area contributed by atoms with Gasteiger partial charge in [-0.15, -0.1) is 0 Å².